The molecule has 0 saturated carbocycles. The maximum absolute atomic E-state index is 13.0. The highest BCUT2D eigenvalue weighted by atomic mass is 19.1. The summed E-state index contributed by atoms with van der Waals surface area (Å²) in [6.07, 6.45) is 2.77. The first-order valence-electron chi connectivity index (χ1n) is 5.64. The van der Waals surface area contributed by atoms with Gasteiger partial charge in [0, 0.05) is 19.0 Å². The molecule has 2 rings (SSSR count). The van der Waals surface area contributed by atoms with Crippen LogP contribution in [0.1, 0.15) is 18.4 Å². The summed E-state index contributed by atoms with van der Waals surface area (Å²) in [6.45, 7) is 1.43. The lowest BCUT2D eigenvalue weighted by Gasteiger charge is -2.32. The van der Waals surface area contributed by atoms with Gasteiger partial charge in [-0.2, -0.15) is 5.26 Å². The van der Waals surface area contributed by atoms with Crippen LogP contribution in [0, 0.1) is 23.1 Å². The summed E-state index contributed by atoms with van der Waals surface area (Å²) in [5.74, 6) is -0.394. The fourth-order valence-electron chi connectivity index (χ4n) is 2.21. The third-order valence-electron chi connectivity index (χ3n) is 3.07. The van der Waals surface area contributed by atoms with Crippen LogP contribution in [0.3, 0.4) is 0 Å². The van der Waals surface area contributed by atoms with Crippen LogP contribution in [0.5, 0.6) is 0 Å². The molecule has 1 aromatic carbocycles. The van der Waals surface area contributed by atoms with Gasteiger partial charge in [-0.3, -0.25) is 0 Å². The average Bonchev–Trinajstić information content (AvgIpc) is 2.38. The van der Waals surface area contributed by atoms with Crippen LogP contribution in [-0.4, -0.2) is 19.4 Å². The van der Waals surface area contributed by atoms with Crippen LogP contribution >= 0.6 is 0 Å². The Morgan fingerprint density at radius 3 is 3.06 bits per heavy atom. The lowest BCUT2D eigenvalue weighted by atomic mass is 9.98. The van der Waals surface area contributed by atoms with Gasteiger partial charge in [-0.1, -0.05) is 0 Å². The molecule has 1 unspecified atom stereocenters. The first-order chi connectivity index (χ1) is 8.24. The van der Waals surface area contributed by atoms with E-state index in [0.29, 0.717) is 12.1 Å². The Labute approximate surface area is 99.5 Å². The maximum atomic E-state index is 13.0. The SMILES string of the molecule is N#Cc1cc(F)ccc1N1CCCC(C=O)C1. The number of nitriles is 1. The van der Waals surface area contributed by atoms with Crippen molar-refractivity contribution < 1.29 is 9.18 Å². The first-order valence-corrected chi connectivity index (χ1v) is 5.64. The van der Waals surface area contributed by atoms with Crippen LogP contribution in [0.4, 0.5) is 10.1 Å². The molecule has 1 saturated heterocycles. The molecule has 0 N–H and O–H groups in total. The van der Waals surface area contributed by atoms with E-state index >= 15 is 0 Å². The Morgan fingerprint density at radius 2 is 2.35 bits per heavy atom. The van der Waals surface area contributed by atoms with Gasteiger partial charge in [-0.25, -0.2) is 4.39 Å². The Bertz CT molecular complexity index is 467. The van der Waals surface area contributed by atoms with Crippen LogP contribution in [0.15, 0.2) is 18.2 Å². The number of piperidine rings is 1. The van der Waals surface area contributed by atoms with E-state index in [-0.39, 0.29) is 5.92 Å². The molecule has 0 bridgehead atoms. The quantitative estimate of drug-likeness (QED) is 0.733. The summed E-state index contributed by atoms with van der Waals surface area (Å²) in [7, 11) is 0. The second-order valence-corrected chi connectivity index (χ2v) is 4.26. The molecule has 4 heteroatoms. The van der Waals surface area contributed by atoms with Gasteiger partial charge in [0.05, 0.1) is 11.3 Å². The van der Waals surface area contributed by atoms with Crippen molar-refractivity contribution in [3.05, 3.63) is 29.6 Å². The van der Waals surface area contributed by atoms with Gasteiger partial charge in [0.1, 0.15) is 18.2 Å². The summed E-state index contributed by atoms with van der Waals surface area (Å²) in [6, 6.07) is 6.19. The number of anilines is 1. The van der Waals surface area contributed by atoms with E-state index in [9.17, 15) is 9.18 Å². The highest BCUT2D eigenvalue weighted by molar-refractivity contribution is 5.62. The van der Waals surface area contributed by atoms with Gasteiger partial charge in [-0.05, 0) is 31.0 Å². The molecule has 1 heterocycles. The molecule has 88 valence electrons. The monoisotopic (exact) mass is 232 g/mol. The molecule has 0 aliphatic carbocycles. The molecule has 1 aromatic rings. The van der Waals surface area contributed by atoms with Crippen molar-refractivity contribution in [1.82, 2.24) is 0 Å². The summed E-state index contributed by atoms with van der Waals surface area (Å²) in [4.78, 5) is 12.8. The topological polar surface area (TPSA) is 44.1 Å². The number of hydrogen-bond acceptors (Lipinski definition) is 3. The highest BCUT2D eigenvalue weighted by Crippen LogP contribution is 2.26. The van der Waals surface area contributed by atoms with Crippen molar-refractivity contribution >= 4 is 12.0 Å². The summed E-state index contributed by atoms with van der Waals surface area (Å²) in [5, 5.41) is 8.98. The van der Waals surface area contributed by atoms with Crippen molar-refractivity contribution in [3.8, 4) is 6.07 Å². The highest BCUT2D eigenvalue weighted by Gasteiger charge is 2.21. The van der Waals surface area contributed by atoms with Gasteiger partial charge in [0.2, 0.25) is 0 Å². The van der Waals surface area contributed by atoms with Gasteiger partial charge < -0.3 is 9.69 Å². The number of hydrogen-bond donors (Lipinski definition) is 0. The Hall–Kier alpha value is -1.89. The van der Waals surface area contributed by atoms with Gasteiger partial charge in [-0.15, -0.1) is 0 Å². The molecular weight excluding hydrogens is 219 g/mol. The fourth-order valence-corrected chi connectivity index (χ4v) is 2.21. The minimum Gasteiger partial charge on any atom is -0.370 e. The van der Waals surface area contributed by atoms with E-state index in [2.05, 4.69) is 0 Å². The smallest absolute Gasteiger partial charge is 0.124 e. The zero-order chi connectivity index (χ0) is 12.3. The third-order valence-corrected chi connectivity index (χ3v) is 3.07. The molecule has 0 radical (unpaired) electrons. The lowest BCUT2D eigenvalue weighted by molar-refractivity contribution is -0.111. The predicted molar refractivity (Wildman–Crippen MR) is 62.1 cm³/mol. The molecule has 1 atom stereocenters. The normalized spacial score (nSPS) is 19.8. The van der Waals surface area contributed by atoms with Crippen molar-refractivity contribution in [2.45, 2.75) is 12.8 Å². The molecule has 1 fully saturated rings. The molecule has 1 aliphatic heterocycles. The van der Waals surface area contributed by atoms with Crippen molar-refractivity contribution in [1.29, 1.82) is 5.26 Å². The summed E-state index contributed by atoms with van der Waals surface area (Å²) < 4.78 is 13.0. The molecule has 0 aromatic heterocycles. The number of carbonyl (C=O) groups is 1. The number of benzene rings is 1. The third kappa shape index (κ3) is 2.44. The molecule has 0 spiro atoms. The standard InChI is InChI=1S/C13H13FN2O/c14-12-3-4-13(11(6-12)7-15)16-5-1-2-10(8-16)9-17/h3-4,6,9-10H,1-2,5,8H2. The molecular formula is C13H13FN2O. The van der Waals surface area contributed by atoms with Crippen molar-refractivity contribution in [2.75, 3.05) is 18.0 Å². The largest absolute Gasteiger partial charge is 0.370 e. The number of halogens is 1. The van der Waals surface area contributed by atoms with Gasteiger partial charge in [0.15, 0.2) is 0 Å². The Morgan fingerprint density at radius 1 is 1.53 bits per heavy atom. The van der Waals surface area contributed by atoms with Crippen LogP contribution in [0.2, 0.25) is 0 Å². The van der Waals surface area contributed by atoms with E-state index in [1.165, 1.54) is 12.1 Å². The zero-order valence-corrected chi connectivity index (χ0v) is 9.40. The molecule has 0 amide bonds. The Kier molecular flexibility index (Phi) is 3.38. The van der Waals surface area contributed by atoms with E-state index in [1.54, 1.807) is 6.07 Å². The van der Waals surface area contributed by atoms with Crippen molar-refractivity contribution in [2.24, 2.45) is 5.92 Å². The van der Waals surface area contributed by atoms with Gasteiger partial charge >= 0.3 is 0 Å². The van der Waals surface area contributed by atoms with Crippen LogP contribution < -0.4 is 4.90 Å². The van der Waals surface area contributed by atoms with E-state index in [1.807, 2.05) is 11.0 Å². The van der Waals surface area contributed by atoms with Crippen molar-refractivity contribution in [3.63, 3.8) is 0 Å². The minimum absolute atomic E-state index is 0.0142. The molecule has 17 heavy (non-hydrogen) atoms. The second-order valence-electron chi connectivity index (χ2n) is 4.26. The fraction of sp³-hybridized carbons (Fsp3) is 0.385. The Balaban J connectivity index is 2.27. The van der Waals surface area contributed by atoms with E-state index in [4.69, 9.17) is 5.26 Å². The summed E-state index contributed by atoms with van der Waals surface area (Å²) >= 11 is 0. The van der Waals surface area contributed by atoms with Crippen LogP contribution in [-0.2, 0) is 4.79 Å². The number of nitrogens with zero attached hydrogens (tertiary/aromatic N) is 2. The second kappa shape index (κ2) is 4.96. The zero-order valence-electron chi connectivity index (χ0n) is 9.40. The van der Waals surface area contributed by atoms with Crippen LogP contribution in [0.25, 0.3) is 0 Å². The molecule has 3 nitrogen and oxygen atoms in total. The number of carbonyl (C=O) groups excluding carboxylic acids is 1. The lowest BCUT2D eigenvalue weighted by Crippen LogP contribution is -2.36. The van der Waals surface area contributed by atoms with E-state index in [0.717, 1.165) is 31.4 Å². The predicted octanol–water partition coefficient (Wildman–Crippen LogP) is 2.11. The number of rotatable bonds is 2. The average molecular weight is 232 g/mol. The molecule has 1 aliphatic rings. The van der Waals surface area contributed by atoms with Gasteiger partial charge in [0.25, 0.3) is 0 Å². The number of aldehydes is 1. The maximum Gasteiger partial charge on any atom is 0.124 e. The first kappa shape index (κ1) is 11.6. The minimum atomic E-state index is -0.408. The van der Waals surface area contributed by atoms with E-state index < -0.39 is 5.82 Å². The summed E-state index contributed by atoms with van der Waals surface area (Å²) in [5.41, 5.74) is 1.05.